The Balaban J connectivity index is 0.0000218. The lowest BCUT2D eigenvalue weighted by Gasteiger charge is -2.40. The van der Waals surface area contributed by atoms with E-state index in [2.05, 4.69) is 0 Å². The number of carboxylic acid groups (broad SMARTS) is 1. The number of hydrogen-bond donors (Lipinski definition) is 12. The van der Waals surface area contributed by atoms with Crippen LogP contribution in [0.1, 0.15) is 92.4 Å². The lowest BCUT2D eigenvalue weighted by atomic mass is 9.88. The van der Waals surface area contributed by atoms with Gasteiger partial charge in [-0.25, -0.2) is 0 Å². The number of carbonyl (C=O) groups is 2. The first-order valence-electron chi connectivity index (χ1n) is 22.5. The molecule has 0 aliphatic carbocycles. The molecule has 0 aromatic rings. The molecule has 2 rings (SSSR count). The van der Waals surface area contributed by atoms with E-state index in [0.717, 1.165) is 12.8 Å². The molecule has 13 unspecified atom stereocenters. The fraction of sp³-hybridized carbons (Fsp3) is 0.702. The van der Waals surface area contributed by atoms with Crippen LogP contribution in [0.3, 0.4) is 0 Å². The summed E-state index contributed by atoms with van der Waals surface area (Å²) in [5, 5.41) is 113. The molecule has 0 aromatic heterocycles. The van der Waals surface area contributed by atoms with Crippen LogP contribution in [0.2, 0.25) is 0 Å². The number of nitrogens with two attached hydrogens (primary N) is 1. The first-order chi connectivity index (χ1) is 30.5. The van der Waals surface area contributed by atoms with E-state index in [1.54, 1.807) is 26.8 Å². The molecule has 0 spiro atoms. The van der Waals surface area contributed by atoms with Gasteiger partial charge in [-0.15, -0.1) is 0 Å². The predicted molar refractivity (Wildman–Crippen MR) is 246 cm³/mol. The summed E-state index contributed by atoms with van der Waals surface area (Å²) < 4.78 is 21.9. The molecule has 0 saturated carbocycles. The maximum absolute atomic E-state index is 12.6. The van der Waals surface area contributed by atoms with E-state index in [-0.39, 0.29) is 48.7 Å². The Labute approximate surface area is 393 Å². The van der Waals surface area contributed by atoms with E-state index in [1.807, 2.05) is 80.7 Å². The monoisotopic (exact) mass is 964 g/mol. The summed E-state index contributed by atoms with van der Waals surface area (Å²) in [6, 6.07) is -0.848. The van der Waals surface area contributed by atoms with Gasteiger partial charge in [0.1, 0.15) is 18.1 Å². The van der Waals surface area contributed by atoms with Crippen LogP contribution in [0.25, 0.3) is 0 Å². The molecule has 20 nitrogen and oxygen atoms in total. The largest absolute Gasteiger partial charge is 0.481 e. The third-order valence-electron chi connectivity index (χ3n) is 11.7. The molecular formula is C47H81NO19. The molecule has 67 heavy (non-hydrogen) atoms. The van der Waals surface area contributed by atoms with Gasteiger partial charge in [-0.05, 0) is 59.3 Å². The molecule has 0 amide bonds. The second-order valence-electron chi connectivity index (χ2n) is 17.5. The zero-order valence-corrected chi connectivity index (χ0v) is 39.3. The predicted octanol–water partition coefficient (Wildman–Crippen LogP) is -0.466. The van der Waals surface area contributed by atoms with Gasteiger partial charge in [0.05, 0.1) is 80.1 Å². The van der Waals surface area contributed by atoms with Gasteiger partial charge in [-0.3, -0.25) is 9.59 Å². The number of carboxylic acids is 1. The number of hydrogen-bond acceptors (Lipinski definition) is 17. The Morgan fingerprint density at radius 1 is 0.776 bits per heavy atom. The number of aliphatic hydroxyl groups excluding tert-OH is 9. The average molecular weight is 964 g/mol. The summed E-state index contributed by atoms with van der Waals surface area (Å²) in [4.78, 5) is 23.7. The first kappa shape index (κ1) is 63.7. The van der Waals surface area contributed by atoms with Crippen molar-refractivity contribution >= 4 is 11.9 Å². The van der Waals surface area contributed by atoms with Gasteiger partial charge in [-0.2, -0.15) is 0 Å². The normalized spacial score (nSPS) is 29.6. The van der Waals surface area contributed by atoms with Crippen molar-refractivity contribution in [2.75, 3.05) is 6.61 Å². The van der Waals surface area contributed by atoms with E-state index < -0.39 is 135 Å². The van der Waals surface area contributed by atoms with Crippen molar-refractivity contribution in [1.82, 2.24) is 0 Å². The minimum atomic E-state index is -2.05. The molecule has 18 atom stereocenters. The van der Waals surface area contributed by atoms with Crippen molar-refractivity contribution in [3.63, 3.8) is 0 Å². The lowest BCUT2D eigenvalue weighted by molar-refractivity contribution is -0.273. The minimum Gasteiger partial charge on any atom is -0.481 e. The Bertz CT molecular complexity index is 1570. The fourth-order valence-corrected chi connectivity index (χ4v) is 7.33. The summed E-state index contributed by atoms with van der Waals surface area (Å²) in [6.07, 6.45) is 8.87. The summed E-state index contributed by atoms with van der Waals surface area (Å²) in [5.74, 6) is -6.01. The highest BCUT2D eigenvalue weighted by Crippen LogP contribution is 2.32. The quantitative estimate of drug-likeness (QED) is 0.0268. The molecule has 388 valence electrons. The summed E-state index contributed by atoms with van der Waals surface area (Å²) >= 11 is 0. The first-order valence-corrected chi connectivity index (χ1v) is 22.5. The third kappa shape index (κ3) is 23.7. The number of rotatable bonds is 28. The Morgan fingerprint density at radius 3 is 1.96 bits per heavy atom. The van der Waals surface area contributed by atoms with Crippen LogP contribution in [0.15, 0.2) is 72.9 Å². The van der Waals surface area contributed by atoms with Crippen LogP contribution in [0.4, 0.5) is 0 Å². The van der Waals surface area contributed by atoms with Crippen molar-refractivity contribution in [3.05, 3.63) is 72.9 Å². The van der Waals surface area contributed by atoms with Gasteiger partial charge in [0.2, 0.25) is 0 Å². The van der Waals surface area contributed by atoms with Gasteiger partial charge in [-0.1, -0.05) is 86.8 Å². The van der Waals surface area contributed by atoms with Crippen LogP contribution in [0.5, 0.6) is 0 Å². The molecular weight excluding hydrogens is 883 g/mol. The van der Waals surface area contributed by atoms with Crippen LogP contribution >= 0.6 is 0 Å². The highest BCUT2D eigenvalue weighted by Gasteiger charge is 2.45. The smallest absolute Gasteiger partial charge is 0.311 e. The molecule has 0 bridgehead atoms. The zero-order chi connectivity index (χ0) is 48.9. The van der Waals surface area contributed by atoms with Gasteiger partial charge in [0.25, 0.3) is 0 Å². The van der Waals surface area contributed by atoms with Crippen molar-refractivity contribution < 1.29 is 95.7 Å². The lowest BCUT2D eigenvalue weighted by Crippen LogP contribution is -2.61. The van der Waals surface area contributed by atoms with Crippen molar-refractivity contribution in [1.29, 1.82) is 0 Å². The molecule has 2 heterocycles. The summed E-state index contributed by atoms with van der Waals surface area (Å²) in [7, 11) is 0. The van der Waals surface area contributed by atoms with Gasteiger partial charge in [0.15, 0.2) is 12.1 Å². The maximum atomic E-state index is 12.6. The number of aliphatic carboxylic acids is 1. The Hall–Kier alpha value is -3.26. The van der Waals surface area contributed by atoms with Crippen molar-refractivity contribution in [3.8, 4) is 0 Å². The topological polar surface area (TPSA) is 383 Å². The standard InChI is InChI=1S/C47H77NO17.2H2O/c1-28(18-16-14-12-10-8-6-7-9-11-13-15-17-19-29(2)63-46-44(58)41(48)43(57)32(5)65-46)42(56)30(3)31(4)64-40(55)24-35(51)23-34(50)22-33(49)20-21-37(52)39(54)26-47(61)25-38(53)36(27-62-47)45(59)60;;/h6-7,9,11-19,28-39,41-44,46,49-54,56-58,61H,8,10,20-27,48H2,1-5H3,(H,59,60);2*1H2/b7-6+,11-9+,14-12+,15-13+,18-16+,19-17+;;/t28?,29?,30?,31?,32-,33?,34?,35?,36?,37?,38?,39?,41+,42?,43+,44+,46-,47?;;/m1../s1. The van der Waals surface area contributed by atoms with Crippen LogP contribution in [0, 0.1) is 17.8 Å². The van der Waals surface area contributed by atoms with Gasteiger partial charge >= 0.3 is 11.9 Å². The molecule has 2 saturated heterocycles. The van der Waals surface area contributed by atoms with E-state index in [0.29, 0.717) is 0 Å². The second-order valence-corrected chi connectivity index (χ2v) is 17.5. The zero-order valence-electron chi connectivity index (χ0n) is 39.3. The van der Waals surface area contributed by atoms with Crippen LogP contribution < -0.4 is 5.73 Å². The summed E-state index contributed by atoms with van der Waals surface area (Å²) in [6.45, 7) is 8.25. The van der Waals surface area contributed by atoms with E-state index >= 15 is 0 Å². The molecule has 20 heteroatoms. The van der Waals surface area contributed by atoms with Gasteiger partial charge < -0.3 is 91.8 Å². The number of aliphatic hydroxyl groups is 10. The van der Waals surface area contributed by atoms with Crippen LogP contribution in [-0.2, 0) is 28.5 Å². The van der Waals surface area contributed by atoms with Crippen molar-refractivity contribution in [2.24, 2.45) is 23.5 Å². The number of unbranched alkanes of at least 4 members (excludes halogenated alkanes) is 1. The van der Waals surface area contributed by atoms with E-state index in [9.17, 15) is 60.7 Å². The van der Waals surface area contributed by atoms with E-state index in [4.69, 9.17) is 29.8 Å². The Kier molecular flexibility index (Phi) is 30.9. The Morgan fingerprint density at radius 2 is 1.34 bits per heavy atom. The minimum absolute atomic E-state index is 0. The number of ether oxygens (including phenoxy) is 4. The number of esters is 1. The summed E-state index contributed by atoms with van der Waals surface area (Å²) in [5.41, 5.74) is 5.84. The number of carbonyl (C=O) groups excluding carboxylic acids is 1. The second kappa shape index (κ2) is 32.5. The third-order valence-corrected chi connectivity index (χ3v) is 11.7. The highest BCUT2D eigenvalue weighted by atomic mass is 16.7. The van der Waals surface area contributed by atoms with Gasteiger partial charge in [0, 0.05) is 24.7 Å². The SMILES string of the molecule is CC(/C=C/C=C/C=C/C=C/CC/C=C/C=C/C(C)C(O)C(C)C(C)OC(=O)CC(O)CC(O)CC(O)CCC(O)C(O)CC1(O)CC(O)C(C(=O)O)CO1)O[C@@H]1O[C@H](C)[C@H](O)[C@H](N)[C@@H]1O.O.O. The molecule has 0 radical (unpaired) electrons. The van der Waals surface area contributed by atoms with Crippen LogP contribution in [-0.4, -0.2) is 177 Å². The maximum Gasteiger partial charge on any atom is 0.311 e. The molecule has 17 N–H and O–H groups in total. The molecule has 2 aliphatic rings. The molecule has 0 aromatic carbocycles. The molecule has 2 fully saturated rings. The van der Waals surface area contributed by atoms with E-state index in [1.165, 1.54) is 0 Å². The highest BCUT2D eigenvalue weighted by molar-refractivity contribution is 5.71. The van der Waals surface area contributed by atoms with Crippen molar-refractivity contribution in [2.45, 2.75) is 184 Å². The average Bonchev–Trinajstić information content (AvgIpc) is 3.22. The molecule has 2 aliphatic heterocycles. The fourth-order valence-electron chi connectivity index (χ4n) is 7.33. The number of allylic oxidation sites excluding steroid dienone is 10.